The summed E-state index contributed by atoms with van der Waals surface area (Å²) >= 11 is 0. The molecule has 5 nitrogen and oxygen atoms in total. The van der Waals surface area contributed by atoms with Gasteiger partial charge < -0.3 is 4.42 Å². The molecule has 0 amide bonds. The van der Waals surface area contributed by atoms with E-state index in [0.29, 0.717) is 11.1 Å². The van der Waals surface area contributed by atoms with Crippen LogP contribution < -0.4 is 5.63 Å². The summed E-state index contributed by atoms with van der Waals surface area (Å²) in [4.78, 5) is 4.39. The highest BCUT2D eigenvalue weighted by Gasteiger charge is 2.36. The third kappa shape index (κ3) is 4.23. The highest BCUT2D eigenvalue weighted by molar-refractivity contribution is 7.61. The lowest BCUT2D eigenvalue weighted by molar-refractivity contribution is 0.147. The zero-order valence-corrected chi connectivity index (χ0v) is 15.8. The van der Waals surface area contributed by atoms with Crippen molar-refractivity contribution in [2.45, 2.75) is 66.1 Å². The van der Waals surface area contributed by atoms with Crippen LogP contribution in [0.25, 0.3) is 11.1 Å². The molecule has 1 aromatic heterocycles. The smallest absolute Gasteiger partial charge is 0.416 e. The van der Waals surface area contributed by atoms with E-state index in [1.165, 1.54) is 0 Å². The average molecular weight is 339 g/mol. The quantitative estimate of drug-likeness (QED) is 0.733. The molecule has 0 aliphatic rings. The molecule has 0 fully saturated rings. The van der Waals surface area contributed by atoms with E-state index in [9.17, 15) is 4.57 Å². The van der Waals surface area contributed by atoms with E-state index >= 15 is 0 Å². The highest BCUT2D eigenvalue weighted by Crippen LogP contribution is 2.49. The minimum absolute atomic E-state index is 0.000134. The fourth-order valence-corrected chi connectivity index (χ4v) is 3.95. The molecule has 2 rings (SSSR count). The van der Waals surface area contributed by atoms with Crippen molar-refractivity contribution in [2.24, 2.45) is 0 Å². The molecule has 0 N–H and O–H groups in total. The van der Waals surface area contributed by atoms with E-state index in [4.69, 9.17) is 13.5 Å². The Morgan fingerprint density at radius 3 is 2.13 bits per heavy atom. The van der Waals surface area contributed by atoms with Gasteiger partial charge in [0.05, 0.1) is 12.2 Å². The van der Waals surface area contributed by atoms with Crippen LogP contribution in [0.5, 0.6) is 0 Å². The molecule has 0 aliphatic carbocycles. The number of nitrogens with zero attached hydrogens (tertiary/aromatic N) is 1. The van der Waals surface area contributed by atoms with Crippen molar-refractivity contribution < 1.29 is 18.0 Å². The van der Waals surface area contributed by atoms with Crippen LogP contribution in [0.15, 0.2) is 22.6 Å². The normalized spacial score (nSPS) is 13.4. The number of oxazole rings is 1. The molecule has 1 heterocycles. The molecule has 0 saturated heterocycles. The summed E-state index contributed by atoms with van der Waals surface area (Å²) < 4.78 is 29.8. The standard InChI is InChI=1S/C17H26NO4P/c1-11(2)21-23(19,22-12(3)4)16-18-14-10-13(17(5,6)7)8-9-15(14)20-16/h8-12H,1-7H3. The molecule has 0 atom stereocenters. The van der Waals surface area contributed by atoms with Crippen LogP contribution in [0.4, 0.5) is 0 Å². The van der Waals surface area contributed by atoms with Crippen LogP contribution in [-0.2, 0) is 19.0 Å². The van der Waals surface area contributed by atoms with Gasteiger partial charge in [-0.25, -0.2) is 9.55 Å². The van der Waals surface area contributed by atoms with Crippen molar-refractivity contribution in [1.82, 2.24) is 4.98 Å². The van der Waals surface area contributed by atoms with Crippen molar-refractivity contribution in [1.29, 1.82) is 0 Å². The molecule has 2 aromatic rings. The predicted molar refractivity (Wildman–Crippen MR) is 92.4 cm³/mol. The minimum atomic E-state index is -3.59. The van der Waals surface area contributed by atoms with E-state index in [0.717, 1.165) is 5.56 Å². The molecular formula is C17H26NO4P. The first-order valence-corrected chi connectivity index (χ1v) is 9.44. The summed E-state index contributed by atoms with van der Waals surface area (Å²) in [6, 6.07) is 5.80. The van der Waals surface area contributed by atoms with Crippen LogP contribution in [0.2, 0.25) is 0 Å². The molecule has 128 valence electrons. The Bertz CT molecular complexity index is 714. The zero-order valence-electron chi connectivity index (χ0n) is 14.9. The minimum Gasteiger partial charge on any atom is -0.430 e. The summed E-state index contributed by atoms with van der Waals surface area (Å²) in [5.74, 6) is 0. The van der Waals surface area contributed by atoms with Crippen molar-refractivity contribution >= 4 is 24.3 Å². The molecule has 0 bridgehead atoms. The molecule has 6 heteroatoms. The largest absolute Gasteiger partial charge is 0.430 e. The second-order valence-corrected chi connectivity index (χ2v) is 9.03. The van der Waals surface area contributed by atoms with Crippen LogP contribution in [0.3, 0.4) is 0 Å². The van der Waals surface area contributed by atoms with Crippen LogP contribution >= 0.6 is 7.60 Å². The molecular weight excluding hydrogens is 313 g/mol. The lowest BCUT2D eigenvalue weighted by Crippen LogP contribution is -2.17. The Morgan fingerprint density at radius 2 is 1.65 bits per heavy atom. The van der Waals surface area contributed by atoms with Crippen molar-refractivity contribution in [3.05, 3.63) is 23.8 Å². The van der Waals surface area contributed by atoms with Gasteiger partial charge in [0.1, 0.15) is 5.52 Å². The topological polar surface area (TPSA) is 61.6 Å². The Kier molecular flexibility index (Phi) is 5.05. The zero-order chi connectivity index (χ0) is 17.4. The second kappa shape index (κ2) is 6.39. The number of fused-ring (bicyclic) bond motifs is 1. The average Bonchev–Trinajstić information content (AvgIpc) is 2.78. The maximum atomic E-state index is 13.1. The van der Waals surface area contributed by atoms with E-state index in [1.54, 1.807) is 27.7 Å². The van der Waals surface area contributed by atoms with Gasteiger partial charge in [-0.1, -0.05) is 26.8 Å². The maximum absolute atomic E-state index is 13.1. The Hall–Kier alpha value is -1.16. The van der Waals surface area contributed by atoms with Crippen LogP contribution in [0.1, 0.15) is 54.0 Å². The van der Waals surface area contributed by atoms with Crippen molar-refractivity contribution in [3.8, 4) is 0 Å². The fraction of sp³-hybridized carbons (Fsp3) is 0.588. The van der Waals surface area contributed by atoms with Crippen molar-refractivity contribution in [2.75, 3.05) is 0 Å². The monoisotopic (exact) mass is 339 g/mol. The maximum Gasteiger partial charge on any atom is 0.416 e. The lowest BCUT2D eigenvalue weighted by atomic mass is 9.87. The third-order valence-corrected chi connectivity index (χ3v) is 5.23. The van der Waals surface area contributed by atoms with E-state index in [-0.39, 0.29) is 23.3 Å². The molecule has 0 spiro atoms. The molecule has 0 unspecified atom stereocenters. The van der Waals surface area contributed by atoms with E-state index < -0.39 is 7.60 Å². The second-order valence-electron chi connectivity index (χ2n) is 7.23. The van der Waals surface area contributed by atoms with E-state index in [2.05, 4.69) is 25.8 Å². The van der Waals surface area contributed by atoms with Gasteiger partial charge in [0, 0.05) is 0 Å². The fourth-order valence-electron chi connectivity index (χ4n) is 2.17. The molecule has 0 radical (unpaired) electrons. The van der Waals surface area contributed by atoms with Gasteiger partial charge in [0.2, 0.25) is 0 Å². The number of benzene rings is 1. The van der Waals surface area contributed by atoms with Gasteiger partial charge >= 0.3 is 13.2 Å². The van der Waals surface area contributed by atoms with Gasteiger partial charge in [0.15, 0.2) is 5.58 Å². The molecule has 1 aromatic carbocycles. The van der Waals surface area contributed by atoms with Gasteiger partial charge in [-0.3, -0.25) is 9.05 Å². The predicted octanol–water partition coefficient (Wildman–Crippen LogP) is 4.79. The first-order chi connectivity index (χ1) is 10.5. The summed E-state index contributed by atoms with van der Waals surface area (Å²) in [6.07, 6.45) is -0.528. The van der Waals surface area contributed by atoms with Gasteiger partial charge in [0.25, 0.3) is 0 Å². The van der Waals surface area contributed by atoms with Gasteiger partial charge in [-0.2, -0.15) is 0 Å². The highest BCUT2D eigenvalue weighted by atomic mass is 31.2. The summed E-state index contributed by atoms with van der Waals surface area (Å²) in [5.41, 5.74) is 2.38. The Balaban J connectivity index is 2.50. The van der Waals surface area contributed by atoms with Crippen LogP contribution in [-0.4, -0.2) is 17.2 Å². The summed E-state index contributed by atoms with van der Waals surface area (Å²) in [5, 5.41) is 0. The van der Waals surface area contributed by atoms with Gasteiger partial charge in [-0.15, -0.1) is 0 Å². The number of hydrogen-bond donors (Lipinski definition) is 0. The van der Waals surface area contributed by atoms with E-state index in [1.807, 2.05) is 18.2 Å². The first-order valence-electron chi connectivity index (χ1n) is 7.90. The first kappa shape index (κ1) is 18.2. The lowest BCUT2D eigenvalue weighted by Gasteiger charge is -2.19. The van der Waals surface area contributed by atoms with Gasteiger partial charge in [-0.05, 0) is 50.8 Å². The van der Waals surface area contributed by atoms with Crippen molar-refractivity contribution in [3.63, 3.8) is 0 Å². The molecule has 23 heavy (non-hydrogen) atoms. The third-order valence-electron chi connectivity index (χ3n) is 3.18. The summed E-state index contributed by atoms with van der Waals surface area (Å²) in [6.45, 7) is 13.6. The Morgan fingerprint density at radius 1 is 1.09 bits per heavy atom. The van der Waals surface area contributed by atoms with Crippen LogP contribution in [0, 0.1) is 0 Å². The SMILES string of the molecule is CC(C)OP(=O)(OC(C)C)c1nc2cc(C(C)(C)C)ccc2o1. The molecule has 0 saturated carbocycles. The number of hydrogen-bond acceptors (Lipinski definition) is 5. The Labute approximate surface area is 137 Å². The summed E-state index contributed by atoms with van der Waals surface area (Å²) in [7, 11) is -3.59. The number of aromatic nitrogens is 1. The molecule has 0 aliphatic heterocycles. The number of rotatable bonds is 5.